The molecule has 0 heterocycles. The van der Waals surface area contributed by atoms with Crippen LogP contribution in [0.2, 0.25) is 0 Å². The number of carboxylic acids is 1. The van der Waals surface area contributed by atoms with Gasteiger partial charge in [-0.25, -0.2) is 13.2 Å². The number of carbonyl (C=O) groups excluding carboxylic acids is 1. The molecular formula is C15H14O5S. The molecule has 0 unspecified atom stereocenters. The fourth-order valence-electron chi connectivity index (χ4n) is 1.92. The maximum atomic E-state index is 11.7. The van der Waals surface area contributed by atoms with Gasteiger partial charge in [-0.15, -0.1) is 0 Å². The molecule has 0 amide bonds. The second-order valence-electron chi connectivity index (χ2n) is 4.12. The number of benzene rings is 2. The maximum absolute atomic E-state index is 11.7. The summed E-state index contributed by atoms with van der Waals surface area (Å²) in [5, 5.41) is 9.31. The average molecular weight is 306 g/mol. The number of hydrogen-bond donors (Lipinski definition) is 1. The summed E-state index contributed by atoms with van der Waals surface area (Å²) in [5.41, 5.74) is 0.887. The van der Waals surface area contributed by atoms with Gasteiger partial charge in [0.05, 0.1) is 10.5 Å². The predicted molar refractivity (Wildman–Crippen MR) is 79.1 cm³/mol. The second-order valence-corrected chi connectivity index (χ2v) is 6.11. The molecule has 0 saturated heterocycles. The molecule has 5 nitrogen and oxygen atoms in total. The SMILES string of the molecule is C=O.CS(=O)(=O)c1cccc(-c2ccccc2)c1C(=O)O. The van der Waals surface area contributed by atoms with Gasteiger partial charge >= 0.3 is 5.97 Å². The monoisotopic (exact) mass is 306 g/mol. The van der Waals surface area contributed by atoms with Crippen molar-refractivity contribution in [2.24, 2.45) is 0 Å². The van der Waals surface area contributed by atoms with Crippen molar-refractivity contribution in [3.05, 3.63) is 54.1 Å². The topological polar surface area (TPSA) is 88.5 Å². The minimum Gasteiger partial charge on any atom is -0.478 e. The molecule has 6 heteroatoms. The van der Waals surface area contributed by atoms with E-state index in [-0.39, 0.29) is 10.5 Å². The lowest BCUT2D eigenvalue weighted by molar-refractivity contribution is -0.0980. The van der Waals surface area contributed by atoms with E-state index in [4.69, 9.17) is 4.79 Å². The van der Waals surface area contributed by atoms with E-state index in [0.29, 0.717) is 11.1 Å². The van der Waals surface area contributed by atoms with Crippen molar-refractivity contribution in [2.45, 2.75) is 4.90 Å². The van der Waals surface area contributed by atoms with E-state index >= 15 is 0 Å². The van der Waals surface area contributed by atoms with Crippen LogP contribution in [-0.4, -0.2) is 32.5 Å². The van der Waals surface area contributed by atoms with Gasteiger partial charge in [-0.1, -0.05) is 42.5 Å². The van der Waals surface area contributed by atoms with Crippen LogP contribution >= 0.6 is 0 Å². The van der Waals surface area contributed by atoms with Crippen molar-refractivity contribution >= 4 is 22.6 Å². The van der Waals surface area contributed by atoms with Crippen LogP contribution in [0.3, 0.4) is 0 Å². The highest BCUT2D eigenvalue weighted by Gasteiger charge is 2.22. The Kier molecular flexibility index (Phi) is 5.37. The van der Waals surface area contributed by atoms with Crippen molar-refractivity contribution in [1.29, 1.82) is 0 Å². The molecule has 2 rings (SSSR count). The number of aromatic carboxylic acids is 1. The Morgan fingerprint density at radius 1 is 1.00 bits per heavy atom. The van der Waals surface area contributed by atoms with Crippen LogP contribution in [0.4, 0.5) is 0 Å². The molecule has 0 radical (unpaired) electrons. The molecule has 0 bridgehead atoms. The molecule has 2 aromatic carbocycles. The lowest BCUT2D eigenvalue weighted by Crippen LogP contribution is -2.09. The molecule has 21 heavy (non-hydrogen) atoms. The molecule has 0 aliphatic heterocycles. The van der Waals surface area contributed by atoms with E-state index in [1.165, 1.54) is 6.07 Å². The van der Waals surface area contributed by atoms with E-state index in [0.717, 1.165) is 6.26 Å². The van der Waals surface area contributed by atoms with Gasteiger partial charge in [0.25, 0.3) is 0 Å². The normalized spacial score (nSPS) is 10.3. The number of carbonyl (C=O) groups is 2. The first-order valence-corrected chi connectivity index (χ1v) is 7.71. The van der Waals surface area contributed by atoms with Crippen LogP contribution in [0.15, 0.2) is 53.4 Å². The standard InChI is InChI=1S/C14H12O4S.CH2O/c1-19(17,18)12-9-5-8-11(13(12)14(15)16)10-6-3-2-4-7-10;1-2/h2-9H,1H3,(H,15,16);1H2. The van der Waals surface area contributed by atoms with E-state index in [1.54, 1.807) is 36.4 Å². The van der Waals surface area contributed by atoms with Gasteiger partial charge in [0, 0.05) is 6.26 Å². The summed E-state index contributed by atoms with van der Waals surface area (Å²) in [7, 11) is -3.59. The highest BCUT2D eigenvalue weighted by molar-refractivity contribution is 7.90. The predicted octanol–water partition coefficient (Wildman–Crippen LogP) is 2.27. The van der Waals surface area contributed by atoms with Crippen molar-refractivity contribution in [3.8, 4) is 11.1 Å². The number of carboxylic acid groups (broad SMARTS) is 1. The van der Waals surface area contributed by atoms with Crippen molar-refractivity contribution < 1.29 is 23.1 Å². The maximum Gasteiger partial charge on any atom is 0.337 e. The van der Waals surface area contributed by atoms with Crippen LogP contribution in [0, 0.1) is 0 Å². The number of sulfone groups is 1. The molecule has 0 aliphatic carbocycles. The zero-order chi connectivity index (χ0) is 16.0. The average Bonchev–Trinajstić information content (AvgIpc) is 2.48. The first-order chi connectivity index (χ1) is 9.91. The van der Waals surface area contributed by atoms with Gasteiger partial charge in [0.1, 0.15) is 6.79 Å². The van der Waals surface area contributed by atoms with Crippen molar-refractivity contribution in [3.63, 3.8) is 0 Å². The van der Waals surface area contributed by atoms with Gasteiger partial charge in [0.2, 0.25) is 0 Å². The van der Waals surface area contributed by atoms with Crippen molar-refractivity contribution in [1.82, 2.24) is 0 Å². The molecule has 0 atom stereocenters. The van der Waals surface area contributed by atoms with Gasteiger partial charge in [-0.2, -0.15) is 0 Å². The summed E-state index contributed by atoms with van der Waals surface area (Å²) in [5.74, 6) is -1.25. The molecule has 110 valence electrons. The van der Waals surface area contributed by atoms with Gasteiger partial charge in [-0.3, -0.25) is 0 Å². The molecule has 2 aromatic rings. The zero-order valence-corrected chi connectivity index (χ0v) is 12.1. The molecular weight excluding hydrogens is 292 g/mol. The lowest BCUT2D eigenvalue weighted by atomic mass is 10.00. The van der Waals surface area contributed by atoms with Crippen LogP contribution in [0.5, 0.6) is 0 Å². The van der Waals surface area contributed by atoms with Crippen LogP contribution in [-0.2, 0) is 14.6 Å². The molecule has 1 N–H and O–H groups in total. The third kappa shape index (κ3) is 3.76. The zero-order valence-electron chi connectivity index (χ0n) is 11.3. The van der Waals surface area contributed by atoms with Crippen molar-refractivity contribution in [2.75, 3.05) is 6.26 Å². The van der Waals surface area contributed by atoms with E-state index < -0.39 is 15.8 Å². The summed E-state index contributed by atoms with van der Waals surface area (Å²) in [4.78, 5) is 19.2. The first kappa shape index (κ1) is 16.6. The summed E-state index contributed by atoms with van der Waals surface area (Å²) < 4.78 is 23.4. The minimum absolute atomic E-state index is 0.165. The second kappa shape index (κ2) is 6.81. The Bertz CT molecular complexity index is 736. The lowest BCUT2D eigenvalue weighted by Gasteiger charge is -2.10. The first-order valence-electron chi connectivity index (χ1n) is 5.82. The molecule has 0 spiro atoms. The van der Waals surface area contributed by atoms with Crippen LogP contribution in [0.1, 0.15) is 10.4 Å². The Labute approximate surface area is 122 Å². The Morgan fingerprint density at radius 3 is 2.05 bits per heavy atom. The highest BCUT2D eigenvalue weighted by Crippen LogP contribution is 2.28. The fourth-order valence-corrected chi connectivity index (χ4v) is 2.81. The summed E-state index contributed by atoms with van der Waals surface area (Å²) in [6, 6.07) is 13.3. The number of hydrogen-bond acceptors (Lipinski definition) is 4. The molecule has 0 aromatic heterocycles. The Hall–Kier alpha value is -2.47. The Morgan fingerprint density at radius 2 is 1.57 bits per heavy atom. The summed E-state index contributed by atoms with van der Waals surface area (Å²) in [6.07, 6.45) is 1.00. The largest absolute Gasteiger partial charge is 0.478 e. The highest BCUT2D eigenvalue weighted by atomic mass is 32.2. The molecule has 0 saturated carbocycles. The third-order valence-corrected chi connectivity index (χ3v) is 3.86. The smallest absolute Gasteiger partial charge is 0.337 e. The number of rotatable bonds is 3. The quantitative estimate of drug-likeness (QED) is 0.939. The fraction of sp³-hybridized carbons (Fsp3) is 0.0667. The third-order valence-electron chi connectivity index (χ3n) is 2.72. The summed E-state index contributed by atoms with van der Waals surface area (Å²) in [6.45, 7) is 2.00. The van der Waals surface area contributed by atoms with Gasteiger partial charge in [0.15, 0.2) is 9.84 Å². The van der Waals surface area contributed by atoms with Crippen LogP contribution in [0.25, 0.3) is 11.1 Å². The van der Waals surface area contributed by atoms with E-state index in [1.807, 2.05) is 12.9 Å². The minimum atomic E-state index is -3.59. The van der Waals surface area contributed by atoms with Gasteiger partial charge < -0.3 is 9.90 Å². The Balaban J connectivity index is 0.00000106. The van der Waals surface area contributed by atoms with E-state index in [2.05, 4.69) is 0 Å². The summed E-state index contributed by atoms with van der Waals surface area (Å²) >= 11 is 0. The molecule has 0 fully saturated rings. The molecule has 0 aliphatic rings. The van der Waals surface area contributed by atoms with E-state index in [9.17, 15) is 18.3 Å². The van der Waals surface area contributed by atoms with Gasteiger partial charge in [-0.05, 0) is 17.2 Å². The van der Waals surface area contributed by atoms with Crippen LogP contribution < -0.4 is 0 Å².